The number of rotatable bonds is 4. The minimum absolute atomic E-state index is 0.0621. The predicted octanol–water partition coefficient (Wildman–Crippen LogP) is 3.38. The van der Waals surface area contributed by atoms with E-state index in [-0.39, 0.29) is 6.17 Å². The molecule has 1 heterocycles. The van der Waals surface area contributed by atoms with Crippen LogP contribution in [0.4, 0.5) is 0 Å². The van der Waals surface area contributed by atoms with Crippen LogP contribution in [0.15, 0.2) is 29.3 Å². The van der Waals surface area contributed by atoms with Crippen LogP contribution < -0.4 is 10.2 Å². The zero-order chi connectivity index (χ0) is 14.3. The molecular weight excluding hydrogens is 240 g/mol. The molecule has 2 rings (SSSR count). The number of nitrogens with one attached hydrogen (secondary N) is 1. The van der Waals surface area contributed by atoms with Crippen molar-refractivity contribution in [3.05, 3.63) is 29.8 Å². The average molecular weight is 264 g/mol. The number of aliphatic imine (C=N–C) groups is 1. The molecule has 1 N–H and O–H groups in total. The summed E-state index contributed by atoms with van der Waals surface area (Å²) in [5.74, 6) is 2.08. The second-order valence-electron chi connectivity index (χ2n) is 4.53. The van der Waals surface area contributed by atoms with Gasteiger partial charge in [-0.3, -0.25) is 0 Å². The number of ether oxygens (including phenoxy) is 1. The van der Waals surface area contributed by atoms with Gasteiger partial charge in [-0.2, -0.15) is 0 Å². The maximum absolute atomic E-state index is 5.39. The first-order valence-corrected chi connectivity index (χ1v) is 6.83. The van der Waals surface area contributed by atoms with Crippen molar-refractivity contribution < 1.29 is 9.57 Å². The number of hydroxylamine groups is 1. The van der Waals surface area contributed by atoms with Gasteiger partial charge in [0.05, 0.1) is 7.11 Å². The summed E-state index contributed by atoms with van der Waals surface area (Å²) in [6.07, 6.45) is 1.03. The SMILES string of the molecule is CC.COc1ccc(C2=NC(CC(C)C)NO2)cc1. The number of hydrogen-bond donors (Lipinski definition) is 1. The molecule has 0 saturated heterocycles. The van der Waals surface area contributed by atoms with E-state index in [0.717, 1.165) is 17.7 Å². The topological polar surface area (TPSA) is 42.8 Å². The molecule has 4 nitrogen and oxygen atoms in total. The molecule has 0 aromatic heterocycles. The molecular formula is C15H24N2O2. The Morgan fingerprint density at radius 3 is 2.42 bits per heavy atom. The molecule has 0 spiro atoms. The molecule has 19 heavy (non-hydrogen) atoms. The molecule has 0 bridgehead atoms. The summed E-state index contributed by atoms with van der Waals surface area (Å²) in [6, 6.07) is 7.68. The smallest absolute Gasteiger partial charge is 0.242 e. The molecule has 0 amide bonds. The first-order valence-electron chi connectivity index (χ1n) is 6.83. The van der Waals surface area contributed by atoms with Gasteiger partial charge in [-0.15, -0.1) is 5.48 Å². The van der Waals surface area contributed by atoms with Gasteiger partial charge in [0.15, 0.2) is 0 Å². The Hall–Kier alpha value is -1.55. The molecule has 1 aliphatic heterocycles. The summed E-state index contributed by atoms with van der Waals surface area (Å²) >= 11 is 0. The lowest BCUT2D eigenvalue weighted by molar-refractivity contribution is 0.169. The van der Waals surface area contributed by atoms with Crippen molar-refractivity contribution in [2.45, 2.75) is 40.3 Å². The fraction of sp³-hybridized carbons (Fsp3) is 0.533. The zero-order valence-electron chi connectivity index (χ0n) is 12.4. The second-order valence-corrected chi connectivity index (χ2v) is 4.53. The third-order valence-electron chi connectivity index (χ3n) is 2.60. The van der Waals surface area contributed by atoms with Gasteiger partial charge in [0.25, 0.3) is 0 Å². The number of methoxy groups -OCH3 is 1. The van der Waals surface area contributed by atoms with Gasteiger partial charge in [0.1, 0.15) is 11.9 Å². The molecule has 106 valence electrons. The van der Waals surface area contributed by atoms with Gasteiger partial charge in [-0.25, -0.2) is 4.99 Å². The number of hydrogen-bond acceptors (Lipinski definition) is 4. The molecule has 1 atom stereocenters. The molecule has 4 heteroatoms. The van der Waals surface area contributed by atoms with E-state index in [0.29, 0.717) is 11.8 Å². The Bertz CT molecular complexity index is 399. The van der Waals surface area contributed by atoms with E-state index >= 15 is 0 Å². The Labute approximate surface area is 115 Å². The Balaban J connectivity index is 0.000000861. The summed E-state index contributed by atoms with van der Waals surface area (Å²) in [5.41, 5.74) is 3.89. The highest BCUT2D eigenvalue weighted by atomic mass is 16.7. The van der Waals surface area contributed by atoms with Gasteiger partial charge < -0.3 is 9.57 Å². The Morgan fingerprint density at radius 2 is 1.89 bits per heavy atom. The van der Waals surface area contributed by atoms with E-state index in [1.165, 1.54) is 0 Å². The lowest BCUT2D eigenvalue weighted by Crippen LogP contribution is -2.22. The zero-order valence-corrected chi connectivity index (χ0v) is 12.4. The van der Waals surface area contributed by atoms with E-state index in [2.05, 4.69) is 24.3 Å². The van der Waals surface area contributed by atoms with Gasteiger partial charge in [0, 0.05) is 5.56 Å². The van der Waals surface area contributed by atoms with E-state index < -0.39 is 0 Å². The van der Waals surface area contributed by atoms with Crippen LogP contribution in [-0.4, -0.2) is 19.2 Å². The monoisotopic (exact) mass is 264 g/mol. The fourth-order valence-corrected chi connectivity index (χ4v) is 1.73. The van der Waals surface area contributed by atoms with Crippen LogP contribution in [0.1, 0.15) is 39.7 Å². The molecule has 1 aliphatic rings. The van der Waals surface area contributed by atoms with Gasteiger partial charge >= 0.3 is 0 Å². The second kappa shape index (κ2) is 7.79. The number of nitrogens with zero attached hydrogens (tertiary/aromatic N) is 1. The van der Waals surface area contributed by atoms with Crippen molar-refractivity contribution >= 4 is 5.90 Å². The van der Waals surface area contributed by atoms with Gasteiger partial charge in [-0.1, -0.05) is 27.7 Å². The summed E-state index contributed by atoms with van der Waals surface area (Å²) < 4.78 is 5.11. The molecule has 0 fully saturated rings. The van der Waals surface area contributed by atoms with Crippen LogP contribution in [0.25, 0.3) is 0 Å². The van der Waals surface area contributed by atoms with Crippen molar-refractivity contribution in [1.29, 1.82) is 0 Å². The van der Waals surface area contributed by atoms with Crippen molar-refractivity contribution in [3.8, 4) is 5.75 Å². The summed E-state index contributed by atoms with van der Waals surface area (Å²) in [7, 11) is 1.65. The fourth-order valence-electron chi connectivity index (χ4n) is 1.73. The molecule has 0 aliphatic carbocycles. The number of benzene rings is 1. The molecule has 1 aromatic rings. The van der Waals surface area contributed by atoms with E-state index in [9.17, 15) is 0 Å². The van der Waals surface area contributed by atoms with E-state index in [1.807, 2.05) is 38.1 Å². The lowest BCUT2D eigenvalue weighted by Gasteiger charge is -2.07. The summed E-state index contributed by atoms with van der Waals surface area (Å²) in [4.78, 5) is 9.88. The van der Waals surface area contributed by atoms with Crippen molar-refractivity contribution in [1.82, 2.24) is 5.48 Å². The van der Waals surface area contributed by atoms with E-state index in [4.69, 9.17) is 9.57 Å². The normalized spacial score (nSPS) is 17.4. The molecule has 1 aromatic carbocycles. The predicted molar refractivity (Wildman–Crippen MR) is 78.3 cm³/mol. The molecule has 0 radical (unpaired) electrons. The van der Waals surface area contributed by atoms with Crippen LogP contribution in [0, 0.1) is 5.92 Å². The van der Waals surface area contributed by atoms with Crippen LogP contribution in [0.5, 0.6) is 5.75 Å². The largest absolute Gasteiger partial charge is 0.497 e. The quantitative estimate of drug-likeness (QED) is 0.906. The highest BCUT2D eigenvalue weighted by Gasteiger charge is 2.20. The lowest BCUT2D eigenvalue weighted by atomic mass is 10.1. The average Bonchev–Trinajstić information content (AvgIpc) is 2.89. The van der Waals surface area contributed by atoms with Crippen LogP contribution in [0.2, 0.25) is 0 Å². The highest BCUT2D eigenvalue weighted by molar-refractivity contribution is 5.94. The van der Waals surface area contributed by atoms with Crippen molar-refractivity contribution in [2.75, 3.05) is 7.11 Å². The first kappa shape index (κ1) is 15.5. The molecule has 1 unspecified atom stereocenters. The Kier molecular flexibility index (Phi) is 6.36. The van der Waals surface area contributed by atoms with Crippen LogP contribution >= 0.6 is 0 Å². The standard InChI is InChI=1S/C13H18N2O2.C2H6/c1-9(2)8-12-14-13(17-15-12)10-4-6-11(16-3)7-5-10;1-2/h4-7,9,12,15H,8H2,1-3H3;1-2H3. The van der Waals surface area contributed by atoms with E-state index in [1.54, 1.807) is 7.11 Å². The minimum Gasteiger partial charge on any atom is -0.497 e. The van der Waals surface area contributed by atoms with Crippen LogP contribution in [0.3, 0.4) is 0 Å². The van der Waals surface area contributed by atoms with Crippen molar-refractivity contribution in [3.63, 3.8) is 0 Å². The maximum atomic E-state index is 5.39. The molecule has 0 saturated carbocycles. The minimum atomic E-state index is 0.0621. The van der Waals surface area contributed by atoms with Crippen LogP contribution in [-0.2, 0) is 4.84 Å². The van der Waals surface area contributed by atoms with Gasteiger partial charge in [-0.05, 0) is 36.6 Å². The first-order chi connectivity index (χ1) is 9.19. The summed E-state index contributed by atoms with van der Waals surface area (Å²) in [5, 5.41) is 0. The third kappa shape index (κ3) is 4.56. The summed E-state index contributed by atoms with van der Waals surface area (Å²) in [6.45, 7) is 8.34. The third-order valence-corrected chi connectivity index (χ3v) is 2.60. The highest BCUT2D eigenvalue weighted by Crippen LogP contribution is 2.17. The maximum Gasteiger partial charge on any atom is 0.242 e. The van der Waals surface area contributed by atoms with Crippen molar-refractivity contribution in [2.24, 2.45) is 10.9 Å². The Morgan fingerprint density at radius 1 is 1.26 bits per heavy atom. The van der Waals surface area contributed by atoms with Gasteiger partial charge in [0.2, 0.25) is 5.90 Å².